The van der Waals surface area contributed by atoms with Crippen LogP contribution in [0.1, 0.15) is 15.2 Å². The molecule has 0 saturated carbocycles. The topological polar surface area (TPSA) is 76.9 Å². The fourth-order valence-electron chi connectivity index (χ4n) is 2.70. The van der Waals surface area contributed by atoms with E-state index in [0.29, 0.717) is 37.0 Å². The van der Waals surface area contributed by atoms with Gasteiger partial charge in [0, 0.05) is 18.0 Å². The predicted octanol–water partition coefficient (Wildman–Crippen LogP) is 3.96. The highest BCUT2D eigenvalue weighted by Gasteiger charge is 2.20. The van der Waals surface area contributed by atoms with Crippen molar-refractivity contribution in [1.82, 2.24) is 14.5 Å². The van der Waals surface area contributed by atoms with E-state index in [9.17, 15) is 18.4 Å². The number of fused-ring (bicyclic) bond motifs is 1. The minimum absolute atomic E-state index is 0.215. The third kappa shape index (κ3) is 3.10. The normalized spacial score (nSPS) is 11.1. The number of hydrogen-bond acceptors (Lipinski definition) is 6. The molecule has 1 amide bonds. The molecule has 0 aliphatic carbocycles. The lowest BCUT2D eigenvalue weighted by Gasteiger charge is -2.01. The summed E-state index contributed by atoms with van der Waals surface area (Å²) in [5.74, 6) is -2.31. The second kappa shape index (κ2) is 6.88. The van der Waals surface area contributed by atoms with Gasteiger partial charge in [-0.3, -0.25) is 14.9 Å². The molecular formula is C18H12F2N4O2S2. The highest BCUT2D eigenvalue weighted by atomic mass is 32.1. The number of carbonyl (C=O) groups excluding carboxylic acids is 1. The van der Waals surface area contributed by atoms with Gasteiger partial charge in [-0.15, -0.1) is 22.7 Å². The van der Waals surface area contributed by atoms with Crippen LogP contribution in [-0.2, 0) is 7.05 Å². The van der Waals surface area contributed by atoms with E-state index in [0.717, 1.165) is 34.8 Å². The van der Waals surface area contributed by atoms with E-state index in [2.05, 4.69) is 15.3 Å². The largest absolute Gasteiger partial charge is 0.302 e. The molecule has 0 atom stereocenters. The van der Waals surface area contributed by atoms with Gasteiger partial charge in [-0.1, -0.05) is 0 Å². The van der Waals surface area contributed by atoms with Crippen LogP contribution in [0.25, 0.3) is 21.5 Å². The molecule has 0 saturated heterocycles. The molecule has 10 heteroatoms. The standard InChI is InChI=1S/C18H12F2N4O2S2/c1-8-13-16(21-7-24(2)17(13)26)28-14(8)15(25)23-18-22-12(6-27-18)9-3-4-10(19)11(20)5-9/h3-7H,1-2H3,(H,22,23,25). The molecule has 4 aromatic rings. The molecule has 28 heavy (non-hydrogen) atoms. The molecule has 0 fully saturated rings. The van der Waals surface area contributed by atoms with E-state index < -0.39 is 17.5 Å². The highest BCUT2D eigenvalue weighted by molar-refractivity contribution is 7.21. The average molecular weight is 418 g/mol. The number of rotatable bonds is 3. The monoisotopic (exact) mass is 418 g/mol. The molecule has 1 N–H and O–H groups in total. The van der Waals surface area contributed by atoms with Gasteiger partial charge < -0.3 is 4.57 Å². The molecule has 1 aromatic carbocycles. The summed E-state index contributed by atoms with van der Waals surface area (Å²) >= 11 is 2.29. The van der Waals surface area contributed by atoms with Crippen molar-refractivity contribution in [3.63, 3.8) is 0 Å². The summed E-state index contributed by atoms with van der Waals surface area (Å²) in [7, 11) is 1.60. The fourth-order valence-corrected chi connectivity index (χ4v) is 4.45. The Bertz CT molecular complexity index is 1290. The maximum Gasteiger partial charge on any atom is 0.267 e. The minimum atomic E-state index is -0.967. The smallest absolute Gasteiger partial charge is 0.267 e. The molecule has 142 valence electrons. The number of amides is 1. The molecule has 0 aliphatic heterocycles. The third-order valence-corrected chi connectivity index (χ3v) is 6.11. The maximum atomic E-state index is 13.4. The zero-order chi connectivity index (χ0) is 20.0. The number of hydrogen-bond donors (Lipinski definition) is 1. The summed E-state index contributed by atoms with van der Waals surface area (Å²) in [5, 5.41) is 5.05. The number of thiophene rings is 1. The van der Waals surface area contributed by atoms with Crippen LogP contribution in [0, 0.1) is 18.6 Å². The number of anilines is 1. The lowest BCUT2D eigenvalue weighted by atomic mass is 10.2. The molecule has 0 bridgehead atoms. The number of benzene rings is 1. The number of aryl methyl sites for hydroxylation is 2. The van der Waals surface area contributed by atoms with Gasteiger partial charge in [0.25, 0.3) is 11.5 Å². The van der Waals surface area contributed by atoms with Gasteiger partial charge in [0.1, 0.15) is 4.83 Å². The Hall–Kier alpha value is -2.98. The Balaban J connectivity index is 1.63. The molecule has 4 rings (SSSR count). The average Bonchev–Trinajstić information content (AvgIpc) is 3.25. The van der Waals surface area contributed by atoms with Gasteiger partial charge in [0.05, 0.1) is 22.3 Å². The number of nitrogens with one attached hydrogen (secondary N) is 1. The minimum Gasteiger partial charge on any atom is -0.302 e. The summed E-state index contributed by atoms with van der Waals surface area (Å²) < 4.78 is 27.8. The van der Waals surface area contributed by atoms with Crippen LogP contribution < -0.4 is 10.9 Å². The van der Waals surface area contributed by atoms with Gasteiger partial charge in [0.2, 0.25) is 0 Å². The molecule has 3 aromatic heterocycles. The van der Waals surface area contributed by atoms with Crippen LogP contribution in [0.4, 0.5) is 13.9 Å². The van der Waals surface area contributed by atoms with E-state index in [-0.39, 0.29) is 5.56 Å². The molecule has 6 nitrogen and oxygen atoms in total. The van der Waals surface area contributed by atoms with Crippen molar-refractivity contribution in [2.45, 2.75) is 6.92 Å². The van der Waals surface area contributed by atoms with Crippen LogP contribution >= 0.6 is 22.7 Å². The first-order valence-electron chi connectivity index (χ1n) is 8.02. The lowest BCUT2D eigenvalue weighted by molar-refractivity contribution is 0.103. The first-order valence-corrected chi connectivity index (χ1v) is 9.72. The summed E-state index contributed by atoms with van der Waals surface area (Å²) in [6, 6.07) is 3.49. The molecular weight excluding hydrogens is 406 g/mol. The molecule has 0 aliphatic rings. The predicted molar refractivity (Wildman–Crippen MR) is 105 cm³/mol. The van der Waals surface area contributed by atoms with Crippen molar-refractivity contribution in [3.05, 3.63) is 62.3 Å². The molecule has 0 radical (unpaired) electrons. The second-order valence-corrected chi connectivity index (χ2v) is 7.88. The molecule has 0 spiro atoms. The van der Waals surface area contributed by atoms with E-state index in [1.165, 1.54) is 17.0 Å². The summed E-state index contributed by atoms with van der Waals surface area (Å²) in [6.45, 7) is 1.70. The Morgan fingerprint density at radius 2 is 2.04 bits per heavy atom. The van der Waals surface area contributed by atoms with Crippen molar-refractivity contribution in [3.8, 4) is 11.3 Å². The van der Waals surface area contributed by atoms with Crippen molar-refractivity contribution < 1.29 is 13.6 Å². The first kappa shape index (κ1) is 18.4. The maximum absolute atomic E-state index is 13.4. The summed E-state index contributed by atoms with van der Waals surface area (Å²) in [4.78, 5) is 34.3. The van der Waals surface area contributed by atoms with Crippen LogP contribution in [0.2, 0.25) is 0 Å². The summed E-state index contributed by atoms with van der Waals surface area (Å²) in [6.07, 6.45) is 1.41. The van der Waals surface area contributed by atoms with E-state index in [1.807, 2.05) is 0 Å². The van der Waals surface area contributed by atoms with Crippen LogP contribution in [0.15, 0.2) is 34.7 Å². The van der Waals surface area contributed by atoms with Crippen molar-refractivity contribution >= 4 is 43.9 Å². The number of halogens is 2. The number of thiazole rings is 1. The lowest BCUT2D eigenvalue weighted by Crippen LogP contribution is -2.17. The Kier molecular flexibility index (Phi) is 4.52. The van der Waals surface area contributed by atoms with Gasteiger partial charge in [-0.25, -0.2) is 18.7 Å². The number of nitrogens with zero attached hydrogens (tertiary/aromatic N) is 3. The number of carbonyl (C=O) groups is 1. The molecule has 0 unspecified atom stereocenters. The SMILES string of the molecule is Cc1c(C(=O)Nc2nc(-c3ccc(F)c(F)c3)cs2)sc2ncn(C)c(=O)c12. The fraction of sp³-hybridized carbons (Fsp3) is 0.111. The van der Waals surface area contributed by atoms with Gasteiger partial charge in [0.15, 0.2) is 16.8 Å². The summed E-state index contributed by atoms with van der Waals surface area (Å²) in [5.41, 5.74) is 1.17. The Morgan fingerprint density at radius 3 is 2.79 bits per heavy atom. The zero-order valence-electron chi connectivity index (χ0n) is 14.6. The van der Waals surface area contributed by atoms with Crippen LogP contribution in [0.3, 0.4) is 0 Å². The van der Waals surface area contributed by atoms with Gasteiger partial charge in [-0.2, -0.15) is 0 Å². The van der Waals surface area contributed by atoms with Gasteiger partial charge >= 0.3 is 0 Å². The Labute approximate surface area is 165 Å². The Morgan fingerprint density at radius 1 is 1.25 bits per heavy atom. The van der Waals surface area contributed by atoms with E-state index in [1.54, 1.807) is 19.4 Å². The van der Waals surface area contributed by atoms with Gasteiger partial charge in [-0.05, 0) is 30.7 Å². The zero-order valence-corrected chi connectivity index (χ0v) is 16.3. The second-order valence-electron chi connectivity index (χ2n) is 6.02. The number of aromatic nitrogens is 3. The van der Waals surface area contributed by atoms with Crippen molar-refractivity contribution in [2.75, 3.05) is 5.32 Å². The van der Waals surface area contributed by atoms with Crippen LogP contribution in [0.5, 0.6) is 0 Å². The van der Waals surface area contributed by atoms with Crippen LogP contribution in [-0.4, -0.2) is 20.4 Å². The third-order valence-electron chi connectivity index (χ3n) is 4.16. The van der Waals surface area contributed by atoms with E-state index in [4.69, 9.17) is 0 Å². The highest BCUT2D eigenvalue weighted by Crippen LogP contribution is 2.29. The molecule has 3 heterocycles. The van der Waals surface area contributed by atoms with E-state index >= 15 is 0 Å². The van der Waals surface area contributed by atoms with Crippen molar-refractivity contribution in [2.24, 2.45) is 7.05 Å². The van der Waals surface area contributed by atoms with Crippen molar-refractivity contribution in [1.29, 1.82) is 0 Å². The quantitative estimate of drug-likeness (QED) is 0.546. The first-order chi connectivity index (χ1) is 13.3.